The zero-order chi connectivity index (χ0) is 12.0. The van der Waals surface area contributed by atoms with Crippen molar-refractivity contribution >= 4 is 6.21 Å². The van der Waals surface area contributed by atoms with Crippen LogP contribution in [0.4, 0.5) is 0 Å². The number of hydrogen-bond acceptors (Lipinski definition) is 4. The molecule has 3 N–H and O–H groups in total. The minimum atomic E-state index is -1.19. The summed E-state index contributed by atoms with van der Waals surface area (Å²) in [7, 11) is 0. The molecule has 0 spiro atoms. The Morgan fingerprint density at radius 1 is 1.06 bits per heavy atom. The highest BCUT2D eigenvalue weighted by Gasteiger charge is 2.25. The quantitative estimate of drug-likeness (QED) is 0.621. The number of aliphatic hydroxyl groups excluding tert-OH is 3. The van der Waals surface area contributed by atoms with Gasteiger partial charge >= 0.3 is 0 Å². The fourth-order valence-corrected chi connectivity index (χ4v) is 1.14. The minimum absolute atomic E-state index is 0.387. The third-order valence-electron chi connectivity index (χ3n) is 2.45. The molecule has 4 heteroatoms. The zero-order valence-electron chi connectivity index (χ0n) is 9.30. The van der Waals surface area contributed by atoms with E-state index in [0.29, 0.717) is 0 Å². The number of aliphatic hydroxyl groups is 3. The van der Waals surface area contributed by atoms with Gasteiger partial charge in [-0.05, 0) is 12.5 Å². The Morgan fingerprint density at radius 3 is 2.00 bits per heavy atom. The molecule has 1 rings (SSSR count). The molecule has 0 fully saturated rings. The van der Waals surface area contributed by atoms with E-state index in [1.54, 1.807) is 6.21 Å². The summed E-state index contributed by atoms with van der Waals surface area (Å²) >= 11 is 0. The van der Waals surface area contributed by atoms with Gasteiger partial charge in [0, 0.05) is 6.21 Å². The molecule has 16 heavy (non-hydrogen) atoms. The van der Waals surface area contributed by atoms with Crippen LogP contribution in [-0.4, -0.2) is 46.9 Å². The lowest BCUT2D eigenvalue weighted by Gasteiger charge is -2.21. The molecule has 4 nitrogen and oxygen atoms in total. The Morgan fingerprint density at radius 2 is 1.56 bits per heavy atom. The first kappa shape index (κ1) is 12.8. The third kappa shape index (κ3) is 3.13. The van der Waals surface area contributed by atoms with Gasteiger partial charge in [0.05, 0.1) is 19.8 Å². The van der Waals surface area contributed by atoms with E-state index in [0.717, 1.165) is 11.1 Å². The first-order chi connectivity index (χ1) is 7.65. The van der Waals surface area contributed by atoms with Crippen LogP contribution in [0.1, 0.15) is 11.1 Å². The van der Waals surface area contributed by atoms with Crippen molar-refractivity contribution in [1.29, 1.82) is 0 Å². The predicted molar refractivity (Wildman–Crippen MR) is 62.8 cm³/mol. The van der Waals surface area contributed by atoms with Crippen LogP contribution in [0.15, 0.2) is 29.3 Å². The lowest BCUT2D eigenvalue weighted by molar-refractivity contribution is 0.0718. The highest BCUT2D eigenvalue weighted by Crippen LogP contribution is 2.09. The molecule has 0 heterocycles. The van der Waals surface area contributed by atoms with Gasteiger partial charge in [-0.25, -0.2) is 0 Å². The fraction of sp³-hybridized carbons (Fsp3) is 0.417. The van der Waals surface area contributed by atoms with Gasteiger partial charge in [-0.1, -0.05) is 29.8 Å². The van der Waals surface area contributed by atoms with E-state index in [1.165, 1.54) is 0 Å². The van der Waals surface area contributed by atoms with Gasteiger partial charge < -0.3 is 15.3 Å². The molecule has 1 aromatic rings. The standard InChI is InChI=1S/C12H17NO3/c1-10-2-4-11(5-3-10)6-13-12(7-14,8-15)9-16/h2-6,14-16H,7-9H2,1H3. The second-order valence-electron chi connectivity index (χ2n) is 3.87. The maximum absolute atomic E-state index is 9.06. The summed E-state index contributed by atoms with van der Waals surface area (Å²) in [6.07, 6.45) is 1.54. The van der Waals surface area contributed by atoms with Gasteiger partial charge in [-0.3, -0.25) is 4.99 Å². The van der Waals surface area contributed by atoms with E-state index in [4.69, 9.17) is 15.3 Å². The Hall–Kier alpha value is -1.23. The molecule has 88 valence electrons. The third-order valence-corrected chi connectivity index (χ3v) is 2.45. The van der Waals surface area contributed by atoms with E-state index in [1.807, 2.05) is 31.2 Å². The van der Waals surface area contributed by atoms with Crippen molar-refractivity contribution in [3.05, 3.63) is 35.4 Å². The number of aryl methyl sites for hydroxylation is 1. The highest BCUT2D eigenvalue weighted by molar-refractivity contribution is 5.80. The Labute approximate surface area is 94.9 Å². The van der Waals surface area contributed by atoms with Crippen molar-refractivity contribution in [2.75, 3.05) is 19.8 Å². The highest BCUT2D eigenvalue weighted by atomic mass is 16.3. The van der Waals surface area contributed by atoms with Crippen LogP contribution >= 0.6 is 0 Å². The lowest BCUT2D eigenvalue weighted by atomic mass is 10.0. The first-order valence-electron chi connectivity index (χ1n) is 5.10. The molecule has 0 amide bonds. The monoisotopic (exact) mass is 223 g/mol. The largest absolute Gasteiger partial charge is 0.394 e. The van der Waals surface area contributed by atoms with E-state index in [-0.39, 0.29) is 19.8 Å². The maximum atomic E-state index is 9.06. The molecule has 0 saturated carbocycles. The summed E-state index contributed by atoms with van der Waals surface area (Å²) in [5, 5.41) is 27.2. The molecule has 0 aliphatic rings. The van der Waals surface area contributed by atoms with Crippen molar-refractivity contribution in [3.63, 3.8) is 0 Å². The average Bonchev–Trinajstić information content (AvgIpc) is 2.34. The second kappa shape index (κ2) is 5.75. The Bertz CT molecular complexity index is 334. The Kier molecular flexibility index (Phi) is 4.61. The van der Waals surface area contributed by atoms with Crippen LogP contribution in [0.3, 0.4) is 0 Å². The summed E-state index contributed by atoms with van der Waals surface area (Å²) in [5.41, 5.74) is 0.824. The smallest absolute Gasteiger partial charge is 0.129 e. The minimum Gasteiger partial charge on any atom is -0.394 e. The molecule has 1 aromatic carbocycles. The summed E-state index contributed by atoms with van der Waals surface area (Å²) in [6, 6.07) is 7.66. The van der Waals surface area contributed by atoms with Crippen LogP contribution in [-0.2, 0) is 0 Å². The summed E-state index contributed by atoms with van der Waals surface area (Å²) in [6.45, 7) is 0.827. The first-order valence-corrected chi connectivity index (χ1v) is 5.10. The van der Waals surface area contributed by atoms with Gasteiger partial charge in [0.2, 0.25) is 0 Å². The topological polar surface area (TPSA) is 73.1 Å². The van der Waals surface area contributed by atoms with E-state index < -0.39 is 5.54 Å². The molecular weight excluding hydrogens is 206 g/mol. The van der Waals surface area contributed by atoms with Crippen LogP contribution in [0.25, 0.3) is 0 Å². The number of benzene rings is 1. The number of nitrogens with zero attached hydrogens (tertiary/aromatic N) is 1. The van der Waals surface area contributed by atoms with E-state index >= 15 is 0 Å². The van der Waals surface area contributed by atoms with Crippen molar-refractivity contribution in [1.82, 2.24) is 0 Å². The molecule has 0 aliphatic carbocycles. The summed E-state index contributed by atoms with van der Waals surface area (Å²) in [4.78, 5) is 4.04. The van der Waals surface area contributed by atoms with Crippen LogP contribution in [0, 0.1) is 6.92 Å². The molecule has 0 radical (unpaired) electrons. The number of hydrogen-bond donors (Lipinski definition) is 3. The number of rotatable bonds is 5. The maximum Gasteiger partial charge on any atom is 0.129 e. The van der Waals surface area contributed by atoms with Crippen LogP contribution in [0.5, 0.6) is 0 Å². The fourth-order valence-electron chi connectivity index (χ4n) is 1.14. The normalized spacial score (nSPS) is 12.2. The van der Waals surface area contributed by atoms with E-state index in [9.17, 15) is 0 Å². The lowest BCUT2D eigenvalue weighted by Crippen LogP contribution is -2.39. The van der Waals surface area contributed by atoms with Crippen molar-refractivity contribution < 1.29 is 15.3 Å². The molecule has 0 aliphatic heterocycles. The van der Waals surface area contributed by atoms with Gasteiger partial charge in [-0.2, -0.15) is 0 Å². The molecule has 0 atom stereocenters. The summed E-state index contributed by atoms with van der Waals surface area (Å²) < 4.78 is 0. The average molecular weight is 223 g/mol. The van der Waals surface area contributed by atoms with Crippen molar-refractivity contribution in [3.8, 4) is 0 Å². The van der Waals surface area contributed by atoms with Crippen LogP contribution in [0.2, 0.25) is 0 Å². The van der Waals surface area contributed by atoms with Gasteiger partial charge in [0.15, 0.2) is 0 Å². The van der Waals surface area contributed by atoms with Crippen LogP contribution < -0.4 is 0 Å². The molecule has 0 aromatic heterocycles. The number of aliphatic imine (C=N–C) groups is 1. The Balaban J connectivity index is 2.82. The van der Waals surface area contributed by atoms with E-state index in [2.05, 4.69) is 4.99 Å². The SMILES string of the molecule is Cc1ccc(C=NC(CO)(CO)CO)cc1. The van der Waals surface area contributed by atoms with Crippen molar-refractivity contribution in [2.24, 2.45) is 4.99 Å². The molecule has 0 bridgehead atoms. The molecule has 0 unspecified atom stereocenters. The van der Waals surface area contributed by atoms with Gasteiger partial charge in [0.1, 0.15) is 5.54 Å². The second-order valence-corrected chi connectivity index (χ2v) is 3.87. The summed E-state index contributed by atoms with van der Waals surface area (Å²) in [5.74, 6) is 0. The predicted octanol–water partition coefficient (Wildman–Crippen LogP) is 0.130. The van der Waals surface area contributed by atoms with Gasteiger partial charge in [0.25, 0.3) is 0 Å². The van der Waals surface area contributed by atoms with Crippen molar-refractivity contribution in [2.45, 2.75) is 12.5 Å². The molecule has 0 saturated heterocycles. The molecular formula is C12H17NO3. The zero-order valence-corrected chi connectivity index (χ0v) is 9.30. The van der Waals surface area contributed by atoms with Gasteiger partial charge in [-0.15, -0.1) is 0 Å².